The lowest BCUT2D eigenvalue weighted by Gasteiger charge is -2.21. The lowest BCUT2D eigenvalue weighted by molar-refractivity contribution is 0.460. The molecule has 0 aliphatic carbocycles. The average molecular weight is 541 g/mol. The van der Waals surface area contributed by atoms with E-state index in [0.29, 0.717) is 18.9 Å². The summed E-state index contributed by atoms with van der Waals surface area (Å²) in [5, 5.41) is 3.34. The molecule has 2 aromatic rings. The number of guanidine groups is 1. The van der Waals surface area contributed by atoms with Gasteiger partial charge in [0.1, 0.15) is 0 Å². The molecule has 1 aliphatic heterocycles. The van der Waals surface area contributed by atoms with Crippen molar-refractivity contribution in [1.82, 2.24) is 10.2 Å². The second kappa shape index (κ2) is 12.3. The van der Waals surface area contributed by atoms with Crippen molar-refractivity contribution in [3.8, 4) is 0 Å². The molecule has 0 spiro atoms. The van der Waals surface area contributed by atoms with E-state index in [4.69, 9.17) is 0 Å². The molecule has 1 atom stereocenters. The van der Waals surface area contributed by atoms with Gasteiger partial charge in [0.2, 0.25) is 0 Å². The fourth-order valence-electron chi connectivity index (χ4n) is 3.86. The van der Waals surface area contributed by atoms with Crippen molar-refractivity contribution < 1.29 is 8.42 Å². The standard InChI is InChI=1S/C23H31N3O2S.HI/c1-24-23(26-15-13-22(18-26)17-20-9-4-2-5-10-20)25-14-8-16-29(27,28)19-21-11-6-3-7-12-21;/h2-7,9-12,22H,8,13-19H2,1H3,(H,24,25);1H. The Bertz CT molecular complexity index is 889. The maximum atomic E-state index is 12.3. The van der Waals surface area contributed by atoms with Crippen molar-refractivity contribution in [2.24, 2.45) is 10.9 Å². The van der Waals surface area contributed by atoms with E-state index in [1.807, 2.05) is 30.3 Å². The number of nitrogens with one attached hydrogen (secondary N) is 1. The molecule has 7 heteroatoms. The summed E-state index contributed by atoms with van der Waals surface area (Å²) in [7, 11) is -1.30. The summed E-state index contributed by atoms with van der Waals surface area (Å²) < 4.78 is 24.6. The molecule has 1 heterocycles. The van der Waals surface area contributed by atoms with Gasteiger partial charge in [0.05, 0.1) is 11.5 Å². The van der Waals surface area contributed by atoms with Gasteiger partial charge in [0, 0.05) is 26.7 Å². The Morgan fingerprint density at radius 1 is 1.07 bits per heavy atom. The number of halogens is 1. The van der Waals surface area contributed by atoms with E-state index in [1.165, 1.54) is 5.56 Å². The first-order valence-electron chi connectivity index (χ1n) is 10.3. The van der Waals surface area contributed by atoms with Crippen molar-refractivity contribution in [2.45, 2.75) is 25.0 Å². The molecule has 1 unspecified atom stereocenters. The summed E-state index contributed by atoms with van der Waals surface area (Å²) in [6.07, 6.45) is 2.82. The van der Waals surface area contributed by atoms with Gasteiger partial charge in [-0.25, -0.2) is 8.42 Å². The van der Waals surface area contributed by atoms with Gasteiger partial charge < -0.3 is 10.2 Å². The molecular formula is C23H32IN3O2S. The fraction of sp³-hybridized carbons (Fsp3) is 0.435. The zero-order valence-electron chi connectivity index (χ0n) is 17.5. The number of likely N-dealkylation sites (tertiary alicyclic amines) is 1. The molecule has 0 bridgehead atoms. The van der Waals surface area contributed by atoms with Crippen LogP contribution in [-0.2, 0) is 22.0 Å². The van der Waals surface area contributed by atoms with Crippen LogP contribution in [0, 0.1) is 5.92 Å². The van der Waals surface area contributed by atoms with Gasteiger partial charge in [0.25, 0.3) is 0 Å². The second-order valence-electron chi connectivity index (χ2n) is 7.70. The van der Waals surface area contributed by atoms with E-state index in [0.717, 1.165) is 37.5 Å². The van der Waals surface area contributed by atoms with Gasteiger partial charge in [-0.2, -0.15) is 0 Å². The highest BCUT2D eigenvalue weighted by atomic mass is 127. The van der Waals surface area contributed by atoms with Crippen LogP contribution < -0.4 is 5.32 Å². The van der Waals surface area contributed by atoms with Crippen LogP contribution in [-0.4, -0.2) is 51.7 Å². The zero-order chi connectivity index (χ0) is 20.5. The predicted molar refractivity (Wildman–Crippen MR) is 135 cm³/mol. The molecule has 164 valence electrons. The first kappa shape index (κ1) is 24.7. The predicted octanol–water partition coefficient (Wildman–Crippen LogP) is 3.75. The van der Waals surface area contributed by atoms with E-state index in [2.05, 4.69) is 45.5 Å². The summed E-state index contributed by atoms with van der Waals surface area (Å²) in [4.78, 5) is 6.68. The van der Waals surface area contributed by atoms with E-state index in [1.54, 1.807) is 7.05 Å². The number of sulfone groups is 1. The molecule has 0 saturated carbocycles. The molecule has 0 amide bonds. The molecule has 5 nitrogen and oxygen atoms in total. The smallest absolute Gasteiger partial charge is 0.193 e. The van der Waals surface area contributed by atoms with Gasteiger partial charge in [-0.3, -0.25) is 4.99 Å². The Kier molecular flexibility index (Phi) is 10.1. The molecule has 1 aliphatic rings. The third kappa shape index (κ3) is 7.91. The number of nitrogens with zero attached hydrogens (tertiary/aromatic N) is 2. The van der Waals surface area contributed by atoms with Gasteiger partial charge in [0.15, 0.2) is 15.8 Å². The number of rotatable bonds is 8. The quantitative estimate of drug-likeness (QED) is 0.240. The summed E-state index contributed by atoms with van der Waals surface area (Å²) in [6.45, 7) is 2.59. The second-order valence-corrected chi connectivity index (χ2v) is 9.88. The molecule has 1 N–H and O–H groups in total. The Morgan fingerprint density at radius 3 is 2.33 bits per heavy atom. The molecule has 1 saturated heterocycles. The van der Waals surface area contributed by atoms with Crippen LogP contribution in [0.2, 0.25) is 0 Å². The zero-order valence-corrected chi connectivity index (χ0v) is 20.7. The Balaban J connectivity index is 0.00000320. The molecule has 1 fully saturated rings. The van der Waals surface area contributed by atoms with E-state index >= 15 is 0 Å². The van der Waals surface area contributed by atoms with Crippen molar-refractivity contribution >= 4 is 39.8 Å². The fourth-order valence-corrected chi connectivity index (χ4v) is 5.29. The normalized spacial score (nSPS) is 16.9. The number of hydrogen-bond donors (Lipinski definition) is 1. The van der Waals surface area contributed by atoms with Crippen molar-refractivity contribution in [2.75, 3.05) is 32.4 Å². The first-order chi connectivity index (χ1) is 14.1. The Hall–Kier alpha value is -1.61. The van der Waals surface area contributed by atoms with E-state index in [-0.39, 0.29) is 35.5 Å². The summed E-state index contributed by atoms with van der Waals surface area (Å²) in [5.41, 5.74) is 2.23. The topological polar surface area (TPSA) is 61.8 Å². The van der Waals surface area contributed by atoms with Crippen molar-refractivity contribution in [3.63, 3.8) is 0 Å². The summed E-state index contributed by atoms with van der Waals surface area (Å²) >= 11 is 0. The minimum Gasteiger partial charge on any atom is -0.356 e. The SMILES string of the molecule is CN=C(NCCCS(=O)(=O)Cc1ccccc1)N1CCC(Cc2ccccc2)C1.I. The van der Waals surface area contributed by atoms with Crippen molar-refractivity contribution in [3.05, 3.63) is 71.8 Å². The molecule has 2 aromatic carbocycles. The maximum absolute atomic E-state index is 12.3. The lowest BCUT2D eigenvalue weighted by atomic mass is 9.99. The van der Waals surface area contributed by atoms with Gasteiger partial charge >= 0.3 is 0 Å². The molecule has 0 aromatic heterocycles. The number of benzene rings is 2. The van der Waals surface area contributed by atoms with Crippen LogP contribution >= 0.6 is 24.0 Å². The minimum atomic E-state index is -3.10. The lowest BCUT2D eigenvalue weighted by Crippen LogP contribution is -2.40. The summed E-state index contributed by atoms with van der Waals surface area (Å²) in [6, 6.07) is 20.0. The highest BCUT2D eigenvalue weighted by Crippen LogP contribution is 2.20. The van der Waals surface area contributed by atoms with Crippen LogP contribution in [0.25, 0.3) is 0 Å². The van der Waals surface area contributed by atoms with Crippen molar-refractivity contribution in [1.29, 1.82) is 0 Å². The monoisotopic (exact) mass is 541 g/mol. The van der Waals surface area contributed by atoms with E-state index in [9.17, 15) is 8.42 Å². The Morgan fingerprint density at radius 2 is 1.70 bits per heavy atom. The highest BCUT2D eigenvalue weighted by Gasteiger charge is 2.25. The van der Waals surface area contributed by atoms with Gasteiger partial charge in [-0.15, -0.1) is 24.0 Å². The average Bonchev–Trinajstić information content (AvgIpc) is 3.17. The third-order valence-corrected chi connectivity index (χ3v) is 6.99. The first-order valence-corrected chi connectivity index (χ1v) is 12.1. The van der Waals surface area contributed by atoms with Crippen LogP contribution in [0.5, 0.6) is 0 Å². The van der Waals surface area contributed by atoms with Crippen LogP contribution in [0.15, 0.2) is 65.7 Å². The molecule has 0 radical (unpaired) electrons. The van der Waals surface area contributed by atoms with Gasteiger partial charge in [-0.1, -0.05) is 60.7 Å². The Labute approximate surface area is 197 Å². The number of hydrogen-bond acceptors (Lipinski definition) is 3. The molecular weight excluding hydrogens is 509 g/mol. The van der Waals surface area contributed by atoms with Crippen LogP contribution in [0.3, 0.4) is 0 Å². The van der Waals surface area contributed by atoms with Crippen LogP contribution in [0.1, 0.15) is 24.0 Å². The maximum Gasteiger partial charge on any atom is 0.193 e. The number of aliphatic imine (C=N–C) groups is 1. The third-order valence-electron chi connectivity index (χ3n) is 5.31. The van der Waals surface area contributed by atoms with E-state index < -0.39 is 9.84 Å². The molecule has 30 heavy (non-hydrogen) atoms. The summed E-state index contributed by atoms with van der Waals surface area (Å²) in [5.74, 6) is 1.79. The van der Waals surface area contributed by atoms with Crippen LogP contribution in [0.4, 0.5) is 0 Å². The largest absolute Gasteiger partial charge is 0.356 e. The van der Waals surface area contributed by atoms with Gasteiger partial charge in [-0.05, 0) is 36.3 Å². The molecule has 3 rings (SSSR count). The highest BCUT2D eigenvalue weighted by molar-refractivity contribution is 14.0. The minimum absolute atomic E-state index is 0.